The highest BCUT2D eigenvalue weighted by Crippen LogP contribution is 2.40. The van der Waals surface area contributed by atoms with Gasteiger partial charge in [0.1, 0.15) is 5.82 Å². The lowest BCUT2D eigenvalue weighted by molar-refractivity contribution is 0.277. The third-order valence-corrected chi connectivity index (χ3v) is 3.01. The summed E-state index contributed by atoms with van der Waals surface area (Å²) in [6, 6.07) is 8.49. The molecule has 2 N–H and O–H groups in total. The van der Waals surface area contributed by atoms with Crippen molar-refractivity contribution in [2.24, 2.45) is 0 Å². The van der Waals surface area contributed by atoms with E-state index in [9.17, 15) is 0 Å². The average molecular weight is 214 g/mol. The van der Waals surface area contributed by atoms with Crippen LogP contribution in [0.5, 0.6) is 0 Å². The van der Waals surface area contributed by atoms with Crippen LogP contribution in [0.15, 0.2) is 30.5 Å². The first-order chi connectivity index (χ1) is 7.86. The molecule has 0 amide bonds. The lowest BCUT2D eigenvalue weighted by Crippen LogP contribution is -1.85. The van der Waals surface area contributed by atoms with E-state index < -0.39 is 0 Å². The molecule has 1 aliphatic rings. The summed E-state index contributed by atoms with van der Waals surface area (Å²) < 4.78 is 0. The molecule has 1 aromatic heterocycles. The predicted molar refractivity (Wildman–Crippen MR) is 61.9 cm³/mol. The van der Waals surface area contributed by atoms with Gasteiger partial charge < -0.3 is 10.1 Å². The number of aromatic amines is 1. The van der Waals surface area contributed by atoms with Crippen LogP contribution in [-0.2, 0) is 6.61 Å². The Hall–Kier alpha value is -1.61. The summed E-state index contributed by atoms with van der Waals surface area (Å²) >= 11 is 0. The number of nitrogens with one attached hydrogen (secondary N) is 1. The molecule has 3 nitrogen and oxygen atoms in total. The fourth-order valence-electron chi connectivity index (χ4n) is 1.94. The Labute approximate surface area is 94.2 Å². The Morgan fingerprint density at radius 1 is 1.38 bits per heavy atom. The number of benzene rings is 1. The summed E-state index contributed by atoms with van der Waals surface area (Å²) in [5, 5.41) is 8.98. The molecule has 1 fully saturated rings. The van der Waals surface area contributed by atoms with Crippen LogP contribution >= 0.6 is 0 Å². The van der Waals surface area contributed by atoms with Crippen molar-refractivity contribution in [1.82, 2.24) is 9.97 Å². The molecule has 0 radical (unpaired) electrons. The largest absolute Gasteiger partial charge is 0.390 e. The molecule has 3 heteroatoms. The van der Waals surface area contributed by atoms with Crippen molar-refractivity contribution >= 4 is 0 Å². The molecule has 82 valence electrons. The minimum Gasteiger partial charge on any atom is -0.390 e. The standard InChI is InChI=1S/C13H14N2O/c16-8-12-7-14-13(15-12)11-3-1-2-10(6-11)9-4-5-9/h1-3,6-7,9,16H,4-5,8H2,(H,14,15). The number of hydrogen-bond acceptors (Lipinski definition) is 2. The van der Waals surface area contributed by atoms with Gasteiger partial charge in [0.15, 0.2) is 0 Å². The number of rotatable bonds is 3. The van der Waals surface area contributed by atoms with E-state index in [1.807, 2.05) is 6.07 Å². The highest BCUT2D eigenvalue weighted by Gasteiger charge is 2.23. The maximum absolute atomic E-state index is 8.98. The smallest absolute Gasteiger partial charge is 0.137 e. The zero-order chi connectivity index (χ0) is 11.0. The van der Waals surface area contributed by atoms with Crippen LogP contribution in [0.4, 0.5) is 0 Å². The summed E-state index contributed by atoms with van der Waals surface area (Å²) in [7, 11) is 0. The second-order valence-corrected chi connectivity index (χ2v) is 4.31. The van der Waals surface area contributed by atoms with E-state index in [1.54, 1.807) is 6.20 Å². The van der Waals surface area contributed by atoms with Crippen molar-refractivity contribution in [3.8, 4) is 11.4 Å². The van der Waals surface area contributed by atoms with Gasteiger partial charge in [0.2, 0.25) is 0 Å². The molecule has 2 aromatic rings. The maximum Gasteiger partial charge on any atom is 0.137 e. The third kappa shape index (κ3) is 1.74. The number of aromatic nitrogens is 2. The molecule has 1 saturated carbocycles. The lowest BCUT2D eigenvalue weighted by Gasteiger charge is -2.01. The zero-order valence-corrected chi connectivity index (χ0v) is 8.98. The van der Waals surface area contributed by atoms with Crippen LogP contribution in [0.1, 0.15) is 30.0 Å². The van der Waals surface area contributed by atoms with E-state index in [0.717, 1.165) is 23.0 Å². The molecular formula is C13H14N2O. The molecule has 0 atom stereocenters. The predicted octanol–water partition coefficient (Wildman–Crippen LogP) is 2.45. The number of hydrogen-bond donors (Lipinski definition) is 2. The van der Waals surface area contributed by atoms with Crippen LogP contribution in [-0.4, -0.2) is 15.1 Å². The van der Waals surface area contributed by atoms with Crippen LogP contribution < -0.4 is 0 Å². The number of H-pyrrole nitrogens is 1. The number of nitrogens with zero attached hydrogens (tertiary/aromatic N) is 1. The van der Waals surface area contributed by atoms with E-state index in [2.05, 4.69) is 28.2 Å². The number of aliphatic hydroxyl groups is 1. The van der Waals surface area contributed by atoms with Crippen molar-refractivity contribution < 1.29 is 5.11 Å². The average Bonchev–Trinajstić information content (AvgIpc) is 3.07. The first-order valence-electron chi connectivity index (χ1n) is 5.62. The van der Waals surface area contributed by atoms with E-state index >= 15 is 0 Å². The summed E-state index contributed by atoms with van der Waals surface area (Å²) in [5.41, 5.74) is 3.26. The molecule has 3 rings (SSSR count). The molecule has 1 aromatic carbocycles. The summed E-state index contributed by atoms with van der Waals surface area (Å²) in [4.78, 5) is 7.37. The van der Waals surface area contributed by atoms with Gasteiger partial charge >= 0.3 is 0 Å². The van der Waals surface area contributed by atoms with Gasteiger partial charge in [-0.25, -0.2) is 4.98 Å². The quantitative estimate of drug-likeness (QED) is 0.824. The fraction of sp³-hybridized carbons (Fsp3) is 0.308. The maximum atomic E-state index is 8.98. The van der Waals surface area contributed by atoms with Gasteiger partial charge in [0, 0.05) is 5.56 Å². The first kappa shape index (κ1) is 9.60. The zero-order valence-electron chi connectivity index (χ0n) is 8.98. The second-order valence-electron chi connectivity index (χ2n) is 4.31. The van der Waals surface area contributed by atoms with Gasteiger partial charge in [-0.3, -0.25) is 0 Å². The minimum absolute atomic E-state index is 0.00924. The molecule has 1 aliphatic carbocycles. The molecule has 0 aliphatic heterocycles. The van der Waals surface area contributed by atoms with E-state index in [0.29, 0.717) is 0 Å². The molecular weight excluding hydrogens is 200 g/mol. The van der Waals surface area contributed by atoms with E-state index in [-0.39, 0.29) is 6.61 Å². The van der Waals surface area contributed by atoms with E-state index in [1.165, 1.54) is 18.4 Å². The van der Waals surface area contributed by atoms with Crippen LogP contribution in [0, 0.1) is 0 Å². The lowest BCUT2D eigenvalue weighted by atomic mass is 10.1. The molecule has 1 heterocycles. The molecule has 16 heavy (non-hydrogen) atoms. The summed E-state index contributed by atoms with van der Waals surface area (Å²) in [6.45, 7) is 0.00924. The van der Waals surface area contributed by atoms with Crippen LogP contribution in [0.2, 0.25) is 0 Å². The molecule has 0 saturated heterocycles. The van der Waals surface area contributed by atoms with Gasteiger partial charge in [-0.2, -0.15) is 0 Å². The van der Waals surface area contributed by atoms with Crippen molar-refractivity contribution in [2.75, 3.05) is 0 Å². The molecule has 0 spiro atoms. The summed E-state index contributed by atoms with van der Waals surface area (Å²) in [5.74, 6) is 1.60. The number of imidazole rings is 1. The van der Waals surface area contributed by atoms with Crippen LogP contribution in [0.25, 0.3) is 11.4 Å². The monoisotopic (exact) mass is 214 g/mol. The molecule has 0 bridgehead atoms. The Bertz CT molecular complexity index is 500. The SMILES string of the molecule is OCc1cnc(-c2cccc(C3CC3)c2)[nH]1. The third-order valence-electron chi connectivity index (χ3n) is 3.01. The second kappa shape index (κ2) is 3.76. The van der Waals surface area contributed by atoms with E-state index in [4.69, 9.17) is 5.11 Å². The topological polar surface area (TPSA) is 48.9 Å². The number of aliphatic hydroxyl groups excluding tert-OH is 1. The van der Waals surface area contributed by atoms with Crippen molar-refractivity contribution in [1.29, 1.82) is 0 Å². The Balaban J connectivity index is 1.95. The van der Waals surface area contributed by atoms with Crippen molar-refractivity contribution in [2.45, 2.75) is 25.4 Å². The van der Waals surface area contributed by atoms with Gasteiger partial charge in [0.05, 0.1) is 18.5 Å². The van der Waals surface area contributed by atoms with Gasteiger partial charge in [-0.15, -0.1) is 0 Å². The van der Waals surface area contributed by atoms with Gasteiger partial charge in [0.25, 0.3) is 0 Å². The fourth-order valence-corrected chi connectivity index (χ4v) is 1.94. The minimum atomic E-state index is 0.00924. The highest BCUT2D eigenvalue weighted by atomic mass is 16.3. The molecule has 0 unspecified atom stereocenters. The Kier molecular flexibility index (Phi) is 2.26. The normalized spacial score (nSPS) is 15.3. The van der Waals surface area contributed by atoms with Crippen molar-refractivity contribution in [3.05, 3.63) is 41.7 Å². The van der Waals surface area contributed by atoms with Crippen molar-refractivity contribution in [3.63, 3.8) is 0 Å². The van der Waals surface area contributed by atoms with Crippen LogP contribution in [0.3, 0.4) is 0 Å². The first-order valence-corrected chi connectivity index (χ1v) is 5.62. The van der Waals surface area contributed by atoms with Gasteiger partial charge in [-0.1, -0.05) is 18.2 Å². The Morgan fingerprint density at radius 3 is 2.94 bits per heavy atom. The summed E-state index contributed by atoms with van der Waals surface area (Å²) in [6.07, 6.45) is 4.30. The Morgan fingerprint density at radius 2 is 2.25 bits per heavy atom. The highest BCUT2D eigenvalue weighted by molar-refractivity contribution is 5.57. The van der Waals surface area contributed by atoms with Gasteiger partial charge in [-0.05, 0) is 30.4 Å².